The van der Waals surface area contributed by atoms with Crippen molar-refractivity contribution >= 4 is 17.0 Å². The number of aryl methyl sites for hydroxylation is 1. The Morgan fingerprint density at radius 2 is 1.94 bits per heavy atom. The van der Waals surface area contributed by atoms with Gasteiger partial charge in [0.25, 0.3) is 0 Å². The fourth-order valence-electron chi connectivity index (χ4n) is 3.82. The fourth-order valence-corrected chi connectivity index (χ4v) is 3.82. The van der Waals surface area contributed by atoms with Gasteiger partial charge in [-0.25, -0.2) is 9.97 Å². The molecule has 0 atom stereocenters. The first-order valence-electron chi connectivity index (χ1n) is 11.0. The number of hydrogen-bond donors (Lipinski definition) is 1. The molecule has 11 nitrogen and oxygen atoms in total. The molecule has 11 heteroatoms. The normalized spacial score (nSPS) is 14.9. The number of nitrogens with zero attached hydrogens (tertiary/aromatic N) is 7. The van der Waals surface area contributed by atoms with Gasteiger partial charge in [-0.2, -0.15) is 15.1 Å². The van der Waals surface area contributed by atoms with Gasteiger partial charge >= 0.3 is 6.01 Å². The molecular weight excluding hydrogens is 424 g/mol. The van der Waals surface area contributed by atoms with Crippen LogP contribution in [0.15, 0.2) is 22.9 Å². The maximum absolute atomic E-state index is 6.35. The summed E-state index contributed by atoms with van der Waals surface area (Å²) in [6.45, 7) is 7.52. The van der Waals surface area contributed by atoms with Gasteiger partial charge < -0.3 is 18.9 Å². The molecule has 1 aliphatic rings. The lowest BCUT2D eigenvalue weighted by atomic mass is 10.1. The zero-order valence-corrected chi connectivity index (χ0v) is 19.1. The van der Waals surface area contributed by atoms with E-state index in [4.69, 9.17) is 19.0 Å². The van der Waals surface area contributed by atoms with Gasteiger partial charge in [-0.1, -0.05) is 19.0 Å². The van der Waals surface area contributed by atoms with E-state index in [0.29, 0.717) is 29.2 Å². The Kier molecular flexibility index (Phi) is 5.53. The fraction of sp³-hybridized carbons (Fsp3) is 0.455. The number of H-pyrrole nitrogens is 1. The minimum absolute atomic E-state index is 0.00433. The Labute approximate surface area is 190 Å². The van der Waals surface area contributed by atoms with Crippen molar-refractivity contribution in [3.8, 4) is 23.1 Å². The molecule has 1 saturated heterocycles. The smallest absolute Gasteiger partial charge is 0.324 e. The third kappa shape index (κ3) is 4.18. The minimum Gasteiger partial charge on any atom is -0.481 e. The molecule has 0 radical (unpaired) electrons. The third-order valence-corrected chi connectivity index (χ3v) is 5.72. The summed E-state index contributed by atoms with van der Waals surface area (Å²) >= 11 is 0. The van der Waals surface area contributed by atoms with Gasteiger partial charge in [0.2, 0.25) is 11.8 Å². The molecule has 4 aromatic heterocycles. The molecule has 1 aliphatic heterocycles. The molecule has 0 spiro atoms. The van der Waals surface area contributed by atoms with Crippen LogP contribution in [0.2, 0.25) is 0 Å². The van der Waals surface area contributed by atoms with Crippen LogP contribution in [0.5, 0.6) is 11.8 Å². The van der Waals surface area contributed by atoms with Crippen LogP contribution in [0.3, 0.4) is 0 Å². The molecule has 0 unspecified atom stereocenters. The zero-order valence-electron chi connectivity index (χ0n) is 19.1. The highest BCUT2D eigenvalue weighted by Crippen LogP contribution is 2.30. The van der Waals surface area contributed by atoms with Crippen LogP contribution in [-0.4, -0.2) is 61.6 Å². The number of ether oxygens (including phenoxy) is 2. The Hall–Kier alpha value is -3.76. The van der Waals surface area contributed by atoms with Crippen molar-refractivity contribution in [2.24, 2.45) is 0 Å². The number of aromatic nitrogens is 7. The molecule has 0 saturated carbocycles. The predicted molar refractivity (Wildman–Crippen MR) is 120 cm³/mol. The third-order valence-electron chi connectivity index (χ3n) is 5.72. The maximum Gasteiger partial charge on any atom is 0.324 e. The van der Waals surface area contributed by atoms with Crippen molar-refractivity contribution in [3.63, 3.8) is 0 Å². The lowest BCUT2D eigenvalue weighted by molar-refractivity contribution is 0.164. The van der Waals surface area contributed by atoms with Crippen LogP contribution >= 0.6 is 0 Å². The second-order valence-electron chi connectivity index (χ2n) is 8.37. The first-order chi connectivity index (χ1) is 16.0. The number of piperidine rings is 1. The van der Waals surface area contributed by atoms with E-state index in [1.165, 1.54) is 0 Å². The maximum atomic E-state index is 6.35. The molecule has 33 heavy (non-hydrogen) atoms. The van der Waals surface area contributed by atoms with Crippen LogP contribution in [0.4, 0.5) is 6.01 Å². The molecule has 5 heterocycles. The molecule has 5 rings (SSSR count). The molecule has 0 aliphatic carbocycles. The standard InChI is InChI=1S/C22H26N8O3/c1-12(2)18-27-22(33-29-18)30-9-7-14(8-10-30)32-21-16-11-23-28-20(16)25-19(26-21)15-5-6-17(31-4)24-13(15)3/h5-6,11-12,14H,7-10H2,1-4H3,(H,23,25,26,28). The molecule has 172 valence electrons. The van der Waals surface area contributed by atoms with E-state index in [0.717, 1.165) is 48.4 Å². The first-order valence-corrected chi connectivity index (χ1v) is 11.0. The summed E-state index contributed by atoms with van der Waals surface area (Å²) in [4.78, 5) is 20.4. The number of nitrogens with one attached hydrogen (secondary N) is 1. The van der Waals surface area contributed by atoms with Crippen molar-refractivity contribution in [3.05, 3.63) is 29.8 Å². The van der Waals surface area contributed by atoms with E-state index < -0.39 is 0 Å². The average molecular weight is 451 g/mol. The van der Waals surface area contributed by atoms with Gasteiger partial charge in [-0.05, 0) is 13.0 Å². The summed E-state index contributed by atoms with van der Waals surface area (Å²) in [6, 6.07) is 4.26. The van der Waals surface area contributed by atoms with Crippen LogP contribution in [-0.2, 0) is 0 Å². The summed E-state index contributed by atoms with van der Waals surface area (Å²) < 4.78 is 17.0. The van der Waals surface area contributed by atoms with Crippen LogP contribution < -0.4 is 14.4 Å². The number of rotatable bonds is 6. The van der Waals surface area contributed by atoms with Gasteiger partial charge in [0.1, 0.15) is 11.5 Å². The minimum atomic E-state index is 0.00433. The Balaban J connectivity index is 1.34. The van der Waals surface area contributed by atoms with Crippen molar-refractivity contribution in [1.82, 2.24) is 35.3 Å². The number of methoxy groups -OCH3 is 1. The quantitative estimate of drug-likeness (QED) is 0.467. The van der Waals surface area contributed by atoms with Gasteiger partial charge in [0.15, 0.2) is 17.3 Å². The van der Waals surface area contributed by atoms with E-state index >= 15 is 0 Å². The molecule has 1 N–H and O–H groups in total. The zero-order chi connectivity index (χ0) is 22.9. The van der Waals surface area contributed by atoms with E-state index in [1.807, 2.05) is 26.8 Å². The number of aromatic amines is 1. The highest BCUT2D eigenvalue weighted by Gasteiger charge is 2.26. The van der Waals surface area contributed by atoms with Crippen LogP contribution in [0.25, 0.3) is 22.4 Å². The molecule has 0 amide bonds. The van der Waals surface area contributed by atoms with E-state index in [9.17, 15) is 0 Å². The largest absolute Gasteiger partial charge is 0.481 e. The lowest BCUT2D eigenvalue weighted by Crippen LogP contribution is -2.38. The molecule has 4 aromatic rings. The van der Waals surface area contributed by atoms with E-state index in [1.54, 1.807) is 19.4 Å². The number of pyridine rings is 1. The second-order valence-corrected chi connectivity index (χ2v) is 8.37. The topological polar surface area (TPSA) is 128 Å². The number of hydrogen-bond acceptors (Lipinski definition) is 10. The van der Waals surface area contributed by atoms with Crippen molar-refractivity contribution < 1.29 is 14.0 Å². The summed E-state index contributed by atoms with van der Waals surface area (Å²) in [5, 5.41) is 11.9. The molecule has 1 fully saturated rings. The summed E-state index contributed by atoms with van der Waals surface area (Å²) in [7, 11) is 1.59. The van der Waals surface area contributed by atoms with Gasteiger partial charge in [0, 0.05) is 43.5 Å². The highest BCUT2D eigenvalue weighted by molar-refractivity contribution is 5.81. The van der Waals surface area contributed by atoms with Crippen molar-refractivity contribution in [2.45, 2.75) is 45.6 Å². The number of anilines is 1. The lowest BCUT2D eigenvalue weighted by Gasteiger charge is -2.30. The Morgan fingerprint density at radius 1 is 1.12 bits per heavy atom. The Morgan fingerprint density at radius 3 is 2.64 bits per heavy atom. The Bertz CT molecular complexity index is 1260. The highest BCUT2D eigenvalue weighted by atomic mass is 16.5. The molecule has 0 bridgehead atoms. The van der Waals surface area contributed by atoms with Gasteiger partial charge in [-0.15, -0.1) is 0 Å². The molecular formula is C22H26N8O3. The number of fused-ring (bicyclic) bond motifs is 1. The van der Waals surface area contributed by atoms with E-state index in [-0.39, 0.29) is 12.0 Å². The SMILES string of the molecule is COc1ccc(-c2nc(OC3CCN(c4nc(C(C)C)no4)CC3)c3cn[nH]c3n2)c(C)n1. The predicted octanol–water partition coefficient (Wildman–Crippen LogP) is 3.29. The second kappa shape index (κ2) is 8.64. The monoisotopic (exact) mass is 450 g/mol. The van der Waals surface area contributed by atoms with Crippen molar-refractivity contribution in [2.75, 3.05) is 25.1 Å². The average Bonchev–Trinajstić information content (AvgIpc) is 3.49. The first kappa shape index (κ1) is 21.1. The van der Waals surface area contributed by atoms with Gasteiger partial charge in [-0.3, -0.25) is 5.10 Å². The molecule has 0 aromatic carbocycles. The van der Waals surface area contributed by atoms with Gasteiger partial charge in [0.05, 0.1) is 19.0 Å². The summed E-state index contributed by atoms with van der Waals surface area (Å²) in [6.07, 6.45) is 3.31. The summed E-state index contributed by atoms with van der Waals surface area (Å²) in [5.74, 6) is 2.54. The summed E-state index contributed by atoms with van der Waals surface area (Å²) in [5.41, 5.74) is 2.20. The van der Waals surface area contributed by atoms with Crippen LogP contribution in [0, 0.1) is 6.92 Å². The van der Waals surface area contributed by atoms with Crippen molar-refractivity contribution in [1.29, 1.82) is 0 Å². The van der Waals surface area contributed by atoms with Crippen LogP contribution in [0.1, 0.15) is 44.1 Å². The van der Waals surface area contributed by atoms with E-state index in [2.05, 4.69) is 35.2 Å².